The summed E-state index contributed by atoms with van der Waals surface area (Å²) in [5, 5.41) is 31.9. The monoisotopic (exact) mass is 161 g/mol. The third-order valence-corrected chi connectivity index (χ3v) is 1.87. The lowest BCUT2D eigenvalue weighted by atomic mass is 10.2. The van der Waals surface area contributed by atoms with Crippen LogP contribution >= 0.6 is 0 Å². The molecule has 2 N–H and O–H groups in total. The number of hydrazine groups is 1. The summed E-state index contributed by atoms with van der Waals surface area (Å²) in [7, 11) is 0. The Labute approximate surface area is 63.9 Å². The Bertz CT molecular complexity index is 161. The summed E-state index contributed by atoms with van der Waals surface area (Å²) in [5.74, 6) is 0. The Kier molecular flexibility index (Phi) is 2.48. The highest BCUT2D eigenvalue weighted by Crippen LogP contribution is 2.14. The van der Waals surface area contributed by atoms with Gasteiger partial charge in [0.1, 0.15) is 6.54 Å². The molecule has 1 rings (SSSR count). The molecule has 0 aliphatic carbocycles. The van der Waals surface area contributed by atoms with Crippen LogP contribution in [0.5, 0.6) is 0 Å². The van der Waals surface area contributed by atoms with Crippen molar-refractivity contribution in [2.24, 2.45) is 0 Å². The molecule has 0 bridgehead atoms. The van der Waals surface area contributed by atoms with Crippen LogP contribution in [0.25, 0.3) is 0 Å². The molecule has 6 nitrogen and oxygen atoms in total. The van der Waals surface area contributed by atoms with Crippen LogP contribution in [-0.2, 0) is 0 Å². The molecule has 1 saturated heterocycles. The minimum Gasteiger partial charge on any atom is -0.665 e. The van der Waals surface area contributed by atoms with Gasteiger partial charge in [-0.05, 0) is 23.1 Å². The van der Waals surface area contributed by atoms with Gasteiger partial charge in [-0.3, -0.25) is 0 Å². The quantitative estimate of drug-likeness (QED) is 0.276. The highest BCUT2D eigenvalue weighted by molar-refractivity contribution is 4.71. The first-order valence-electron chi connectivity index (χ1n) is 3.52. The Morgan fingerprint density at radius 2 is 2.45 bits per heavy atom. The van der Waals surface area contributed by atoms with E-state index in [9.17, 15) is 10.4 Å². The fourth-order valence-corrected chi connectivity index (χ4v) is 1.30. The average molecular weight is 161 g/mol. The highest BCUT2D eigenvalue weighted by atomic mass is 16.6. The van der Waals surface area contributed by atoms with Crippen molar-refractivity contribution in [3.63, 3.8) is 0 Å². The Morgan fingerprint density at radius 3 is 3.00 bits per heavy atom. The molecule has 0 saturated carbocycles. The van der Waals surface area contributed by atoms with Crippen LogP contribution in [0.2, 0.25) is 0 Å². The number of rotatable bonds is 2. The molecule has 0 aromatic heterocycles. The summed E-state index contributed by atoms with van der Waals surface area (Å²) in [6, 6.07) is -0.200. The van der Waals surface area contributed by atoms with Gasteiger partial charge in [0.2, 0.25) is 0 Å². The van der Waals surface area contributed by atoms with Crippen molar-refractivity contribution in [2.45, 2.75) is 18.9 Å². The van der Waals surface area contributed by atoms with Gasteiger partial charge in [-0.1, -0.05) is 0 Å². The van der Waals surface area contributed by atoms with Crippen LogP contribution in [-0.4, -0.2) is 34.3 Å². The number of hydrogen-bond donors (Lipinski definition) is 2. The van der Waals surface area contributed by atoms with Gasteiger partial charge >= 0.3 is 0 Å². The van der Waals surface area contributed by atoms with E-state index in [-0.39, 0.29) is 17.6 Å². The first-order chi connectivity index (χ1) is 5.29. The van der Waals surface area contributed by atoms with Gasteiger partial charge in [0.25, 0.3) is 0 Å². The van der Waals surface area contributed by atoms with Gasteiger partial charge in [0, 0.05) is 0 Å². The Hall–Kier alpha value is -1.04. The summed E-state index contributed by atoms with van der Waals surface area (Å²) < 4.78 is 0. The fraction of sp³-hybridized carbons (Fsp3) is 1.00. The molecule has 0 aromatic carbocycles. The summed E-state index contributed by atoms with van der Waals surface area (Å²) in [5.41, 5.74) is 0. The molecule has 1 atom stereocenters. The van der Waals surface area contributed by atoms with Crippen molar-refractivity contribution in [3.05, 3.63) is 10.4 Å². The number of nitrogens with zero attached hydrogens (tertiary/aromatic N) is 2. The predicted molar refractivity (Wildman–Crippen MR) is 34.8 cm³/mol. The van der Waals surface area contributed by atoms with Crippen molar-refractivity contribution in [1.82, 2.24) is 5.01 Å². The molecule has 0 unspecified atom stereocenters. The van der Waals surface area contributed by atoms with Crippen LogP contribution in [0.1, 0.15) is 12.8 Å². The van der Waals surface area contributed by atoms with Crippen molar-refractivity contribution in [3.8, 4) is 0 Å². The van der Waals surface area contributed by atoms with Crippen molar-refractivity contribution < 1.29 is 15.4 Å². The maximum atomic E-state index is 10.7. The van der Waals surface area contributed by atoms with E-state index in [4.69, 9.17) is 5.11 Å². The second-order valence-corrected chi connectivity index (χ2v) is 2.51. The Balaban J connectivity index is 2.56. The van der Waals surface area contributed by atoms with Crippen LogP contribution < -0.4 is 5.28 Å². The van der Waals surface area contributed by atoms with E-state index in [0.717, 1.165) is 12.8 Å². The maximum Gasteiger partial charge on any atom is 0.179 e. The standard InChI is InChI=1S/C5H11N3O3/c9-4-5-2-1-3-7(5)8(11)6-10/h5-6,9H,1-4H2/b8-6-/t5-/m0/s1. The van der Waals surface area contributed by atoms with E-state index in [2.05, 4.69) is 0 Å². The maximum absolute atomic E-state index is 10.7. The van der Waals surface area contributed by atoms with Gasteiger partial charge in [-0.25, -0.2) is 0 Å². The molecular weight excluding hydrogens is 150 g/mol. The number of nitrogens with one attached hydrogen (secondary N) is 1. The van der Waals surface area contributed by atoms with E-state index >= 15 is 0 Å². The van der Waals surface area contributed by atoms with Crippen LogP contribution in [0.3, 0.4) is 0 Å². The van der Waals surface area contributed by atoms with E-state index < -0.39 is 0 Å². The molecule has 0 radical (unpaired) electrons. The van der Waals surface area contributed by atoms with Crippen LogP contribution in [0.4, 0.5) is 0 Å². The molecule has 1 aliphatic rings. The molecule has 0 aromatic rings. The normalized spacial score (nSPS) is 26.1. The number of aliphatic hydroxyl groups excluding tert-OH is 1. The minimum absolute atomic E-state index is 0.0829. The summed E-state index contributed by atoms with van der Waals surface area (Å²) in [6.07, 6.45) is 1.60. The fourth-order valence-electron chi connectivity index (χ4n) is 1.30. The van der Waals surface area contributed by atoms with Crippen LogP contribution in [0.15, 0.2) is 0 Å². The molecule has 64 valence electrons. The summed E-state index contributed by atoms with van der Waals surface area (Å²) in [6.45, 7) is 0.449. The zero-order valence-corrected chi connectivity index (χ0v) is 6.06. The van der Waals surface area contributed by atoms with Gasteiger partial charge in [-0.15, -0.1) is 0 Å². The third kappa shape index (κ3) is 1.51. The van der Waals surface area contributed by atoms with E-state index in [1.165, 1.54) is 10.3 Å². The first-order valence-corrected chi connectivity index (χ1v) is 3.52. The molecule has 1 heterocycles. The molecule has 1 fully saturated rings. The van der Waals surface area contributed by atoms with Crippen molar-refractivity contribution in [2.75, 3.05) is 13.2 Å². The van der Waals surface area contributed by atoms with Gasteiger partial charge < -0.3 is 15.5 Å². The lowest BCUT2D eigenvalue weighted by Crippen LogP contribution is -2.71. The largest absolute Gasteiger partial charge is 0.665 e. The minimum atomic E-state index is -0.200. The molecule has 1 aliphatic heterocycles. The smallest absolute Gasteiger partial charge is 0.179 e. The molecule has 6 heteroatoms. The SMILES string of the molecule is [O-]/[NH+]=[N+](\[O-])N1CCC[C@H]1CO. The third-order valence-electron chi connectivity index (χ3n) is 1.87. The number of aliphatic hydroxyl groups is 1. The Morgan fingerprint density at radius 1 is 1.73 bits per heavy atom. The molecule has 11 heavy (non-hydrogen) atoms. The van der Waals surface area contributed by atoms with Crippen LogP contribution in [0, 0.1) is 10.4 Å². The van der Waals surface area contributed by atoms with E-state index in [1.807, 2.05) is 0 Å². The second kappa shape index (κ2) is 3.38. The average Bonchev–Trinajstić information content (AvgIpc) is 2.50. The van der Waals surface area contributed by atoms with E-state index in [0.29, 0.717) is 6.54 Å². The van der Waals surface area contributed by atoms with E-state index in [1.54, 1.807) is 0 Å². The van der Waals surface area contributed by atoms with Gasteiger partial charge in [-0.2, -0.15) is 0 Å². The summed E-state index contributed by atoms with van der Waals surface area (Å²) >= 11 is 0. The summed E-state index contributed by atoms with van der Waals surface area (Å²) in [4.78, 5) is 0.133. The lowest BCUT2D eigenvalue weighted by molar-refractivity contribution is -1.03. The molecule has 0 spiro atoms. The second-order valence-electron chi connectivity index (χ2n) is 2.51. The van der Waals surface area contributed by atoms with Gasteiger partial charge in [0.15, 0.2) is 11.0 Å². The zero-order chi connectivity index (χ0) is 8.27. The van der Waals surface area contributed by atoms with Crippen molar-refractivity contribution >= 4 is 0 Å². The lowest BCUT2D eigenvalue weighted by Gasteiger charge is -2.11. The molecule has 0 amide bonds. The molecular formula is C5H11N3O3. The highest BCUT2D eigenvalue weighted by Gasteiger charge is 2.35. The predicted octanol–water partition coefficient (Wildman–Crippen LogP) is -2.10. The van der Waals surface area contributed by atoms with Gasteiger partial charge in [0.05, 0.1) is 6.61 Å². The zero-order valence-electron chi connectivity index (χ0n) is 6.06. The first kappa shape index (κ1) is 8.06. The number of hydrogen-bond acceptors (Lipinski definition) is 3. The topological polar surface area (TPSA) is 86.6 Å². The van der Waals surface area contributed by atoms with Crippen molar-refractivity contribution in [1.29, 1.82) is 0 Å².